The van der Waals surface area contributed by atoms with E-state index in [9.17, 15) is 4.79 Å². The van der Waals surface area contributed by atoms with Crippen molar-refractivity contribution in [3.63, 3.8) is 0 Å². The zero-order valence-electron chi connectivity index (χ0n) is 11.3. The fourth-order valence-electron chi connectivity index (χ4n) is 2.06. The van der Waals surface area contributed by atoms with Gasteiger partial charge in [0, 0.05) is 38.9 Å². The highest BCUT2D eigenvalue weighted by atomic mass is 16.1. The molecule has 0 spiro atoms. The van der Waals surface area contributed by atoms with Crippen LogP contribution in [0.1, 0.15) is 10.4 Å². The SMILES string of the molecule is C=CCNC(=O)c1cncc(N2CCN(C)CC2)c1. The third-order valence-electron chi connectivity index (χ3n) is 3.26. The Kier molecular flexibility index (Phi) is 4.52. The van der Waals surface area contributed by atoms with Gasteiger partial charge in [0.15, 0.2) is 0 Å². The Labute approximate surface area is 113 Å². The summed E-state index contributed by atoms with van der Waals surface area (Å²) in [5.74, 6) is -0.108. The average molecular weight is 260 g/mol. The smallest absolute Gasteiger partial charge is 0.253 e. The molecule has 2 heterocycles. The van der Waals surface area contributed by atoms with E-state index in [4.69, 9.17) is 0 Å². The quantitative estimate of drug-likeness (QED) is 0.812. The Morgan fingerprint density at radius 3 is 2.84 bits per heavy atom. The number of anilines is 1. The second-order valence-corrected chi connectivity index (χ2v) is 4.72. The van der Waals surface area contributed by atoms with Gasteiger partial charge in [-0.3, -0.25) is 9.78 Å². The van der Waals surface area contributed by atoms with Gasteiger partial charge >= 0.3 is 0 Å². The van der Waals surface area contributed by atoms with Gasteiger partial charge in [0.2, 0.25) is 0 Å². The van der Waals surface area contributed by atoms with Crippen molar-refractivity contribution in [2.75, 3.05) is 44.7 Å². The minimum Gasteiger partial charge on any atom is -0.368 e. The molecule has 1 aromatic rings. The first-order valence-electron chi connectivity index (χ1n) is 6.48. The molecule has 0 radical (unpaired) electrons. The molecule has 1 N–H and O–H groups in total. The second-order valence-electron chi connectivity index (χ2n) is 4.72. The molecule has 2 rings (SSSR count). The molecular weight excluding hydrogens is 240 g/mol. The predicted molar refractivity (Wildman–Crippen MR) is 76.5 cm³/mol. The summed E-state index contributed by atoms with van der Waals surface area (Å²) in [6, 6.07) is 1.90. The van der Waals surface area contributed by atoms with Crippen molar-refractivity contribution in [1.29, 1.82) is 0 Å². The first-order chi connectivity index (χ1) is 9.20. The van der Waals surface area contributed by atoms with Gasteiger partial charge in [-0.2, -0.15) is 0 Å². The Balaban J connectivity index is 2.06. The molecule has 1 fully saturated rings. The van der Waals surface area contributed by atoms with E-state index in [-0.39, 0.29) is 5.91 Å². The zero-order chi connectivity index (χ0) is 13.7. The number of aromatic nitrogens is 1. The van der Waals surface area contributed by atoms with E-state index in [1.54, 1.807) is 12.3 Å². The van der Waals surface area contributed by atoms with E-state index in [0.717, 1.165) is 31.9 Å². The normalized spacial score (nSPS) is 16.2. The van der Waals surface area contributed by atoms with Gasteiger partial charge in [-0.25, -0.2) is 0 Å². The van der Waals surface area contributed by atoms with E-state index in [1.165, 1.54) is 0 Å². The highest BCUT2D eigenvalue weighted by Gasteiger charge is 2.15. The van der Waals surface area contributed by atoms with Gasteiger partial charge in [0.25, 0.3) is 5.91 Å². The fourth-order valence-corrected chi connectivity index (χ4v) is 2.06. The number of pyridine rings is 1. The Morgan fingerprint density at radius 1 is 1.42 bits per heavy atom. The number of nitrogens with one attached hydrogen (secondary N) is 1. The van der Waals surface area contributed by atoms with Crippen LogP contribution in [0.5, 0.6) is 0 Å². The number of rotatable bonds is 4. The maximum atomic E-state index is 11.9. The van der Waals surface area contributed by atoms with Crippen molar-refractivity contribution < 1.29 is 4.79 Å². The van der Waals surface area contributed by atoms with E-state index in [2.05, 4.69) is 33.7 Å². The summed E-state index contributed by atoms with van der Waals surface area (Å²) in [7, 11) is 2.12. The molecule has 19 heavy (non-hydrogen) atoms. The lowest BCUT2D eigenvalue weighted by Crippen LogP contribution is -2.44. The monoisotopic (exact) mass is 260 g/mol. The average Bonchev–Trinajstić information content (AvgIpc) is 2.45. The largest absolute Gasteiger partial charge is 0.368 e. The van der Waals surface area contributed by atoms with E-state index < -0.39 is 0 Å². The first kappa shape index (κ1) is 13.5. The van der Waals surface area contributed by atoms with Gasteiger partial charge in [-0.15, -0.1) is 6.58 Å². The summed E-state index contributed by atoms with van der Waals surface area (Å²) >= 11 is 0. The van der Waals surface area contributed by atoms with Crippen LogP contribution in [-0.2, 0) is 0 Å². The lowest BCUT2D eigenvalue weighted by molar-refractivity contribution is 0.0957. The molecule has 0 unspecified atom stereocenters. The number of hydrogen-bond donors (Lipinski definition) is 1. The maximum Gasteiger partial charge on any atom is 0.253 e. The van der Waals surface area contributed by atoms with Crippen LogP contribution in [-0.4, -0.2) is 55.6 Å². The maximum absolute atomic E-state index is 11.9. The minimum absolute atomic E-state index is 0.108. The summed E-state index contributed by atoms with van der Waals surface area (Å²) < 4.78 is 0. The number of amides is 1. The van der Waals surface area contributed by atoms with E-state index in [0.29, 0.717) is 12.1 Å². The van der Waals surface area contributed by atoms with Crippen LogP contribution in [0, 0.1) is 0 Å². The van der Waals surface area contributed by atoms with Crippen LogP contribution in [0.25, 0.3) is 0 Å². The van der Waals surface area contributed by atoms with Gasteiger partial charge in [-0.1, -0.05) is 6.08 Å². The van der Waals surface area contributed by atoms with E-state index in [1.807, 2.05) is 12.3 Å². The van der Waals surface area contributed by atoms with Crippen molar-refractivity contribution in [2.45, 2.75) is 0 Å². The summed E-state index contributed by atoms with van der Waals surface area (Å²) in [4.78, 5) is 20.6. The highest BCUT2D eigenvalue weighted by Crippen LogP contribution is 2.16. The molecule has 1 amide bonds. The highest BCUT2D eigenvalue weighted by molar-refractivity contribution is 5.94. The van der Waals surface area contributed by atoms with Gasteiger partial charge in [-0.05, 0) is 13.1 Å². The standard InChI is InChI=1S/C14H20N4O/c1-3-4-16-14(19)12-9-13(11-15-10-12)18-7-5-17(2)6-8-18/h3,9-11H,1,4-8H2,2H3,(H,16,19). The summed E-state index contributed by atoms with van der Waals surface area (Å²) in [5.41, 5.74) is 1.61. The molecule has 5 heteroatoms. The first-order valence-corrected chi connectivity index (χ1v) is 6.48. The van der Waals surface area contributed by atoms with Gasteiger partial charge in [0.1, 0.15) is 0 Å². The molecule has 0 bridgehead atoms. The van der Waals surface area contributed by atoms with Crippen LogP contribution in [0.2, 0.25) is 0 Å². The predicted octanol–water partition coefficient (Wildman–Crippen LogP) is 0.749. The van der Waals surface area contributed by atoms with Crippen LogP contribution in [0.3, 0.4) is 0 Å². The summed E-state index contributed by atoms with van der Waals surface area (Å²) in [5, 5.41) is 2.76. The third-order valence-corrected chi connectivity index (χ3v) is 3.26. The van der Waals surface area contributed by atoms with Crippen LogP contribution >= 0.6 is 0 Å². The molecule has 1 aliphatic rings. The Bertz CT molecular complexity index is 453. The van der Waals surface area contributed by atoms with Crippen molar-refractivity contribution in [1.82, 2.24) is 15.2 Å². The minimum atomic E-state index is -0.108. The Morgan fingerprint density at radius 2 is 2.16 bits per heavy atom. The van der Waals surface area contributed by atoms with Crippen molar-refractivity contribution >= 4 is 11.6 Å². The molecule has 0 aromatic carbocycles. The number of piperazine rings is 1. The molecular formula is C14H20N4O. The molecule has 1 aromatic heterocycles. The number of hydrogen-bond acceptors (Lipinski definition) is 4. The molecule has 1 saturated heterocycles. The topological polar surface area (TPSA) is 48.5 Å². The molecule has 0 aliphatic carbocycles. The fraction of sp³-hybridized carbons (Fsp3) is 0.429. The molecule has 102 valence electrons. The number of likely N-dealkylation sites (N-methyl/N-ethyl adjacent to an activating group) is 1. The van der Waals surface area contributed by atoms with E-state index >= 15 is 0 Å². The third kappa shape index (κ3) is 3.54. The molecule has 5 nitrogen and oxygen atoms in total. The molecule has 0 saturated carbocycles. The van der Waals surface area contributed by atoms with Crippen LogP contribution < -0.4 is 10.2 Å². The number of nitrogens with zero attached hydrogens (tertiary/aromatic N) is 3. The van der Waals surface area contributed by atoms with Gasteiger partial charge < -0.3 is 15.1 Å². The van der Waals surface area contributed by atoms with Crippen molar-refractivity contribution in [3.8, 4) is 0 Å². The number of carbonyl (C=O) groups is 1. The lowest BCUT2D eigenvalue weighted by atomic mass is 10.2. The number of carbonyl (C=O) groups excluding carboxylic acids is 1. The molecule has 0 atom stereocenters. The van der Waals surface area contributed by atoms with Crippen molar-refractivity contribution in [2.24, 2.45) is 0 Å². The van der Waals surface area contributed by atoms with Crippen LogP contribution in [0.4, 0.5) is 5.69 Å². The zero-order valence-corrected chi connectivity index (χ0v) is 11.3. The molecule has 1 aliphatic heterocycles. The van der Waals surface area contributed by atoms with Gasteiger partial charge in [0.05, 0.1) is 17.4 Å². The summed E-state index contributed by atoms with van der Waals surface area (Å²) in [6.07, 6.45) is 5.07. The van der Waals surface area contributed by atoms with Crippen molar-refractivity contribution in [3.05, 3.63) is 36.7 Å². The second kappa shape index (κ2) is 6.33. The lowest BCUT2D eigenvalue weighted by Gasteiger charge is -2.33. The van der Waals surface area contributed by atoms with Crippen LogP contribution in [0.15, 0.2) is 31.1 Å². The Hall–Kier alpha value is -1.88. The summed E-state index contributed by atoms with van der Waals surface area (Å²) in [6.45, 7) is 8.06.